The van der Waals surface area contributed by atoms with Crippen LogP contribution in [-0.2, 0) is 0 Å². The van der Waals surface area contributed by atoms with E-state index in [1.54, 1.807) is 6.20 Å². The number of rotatable bonds is 8. The highest BCUT2D eigenvalue weighted by atomic mass is 16.3. The summed E-state index contributed by atoms with van der Waals surface area (Å²) in [4.78, 5) is 6.28. The molecule has 0 amide bonds. The van der Waals surface area contributed by atoms with Gasteiger partial charge in [0.1, 0.15) is 0 Å². The Balaban J connectivity index is 1.73. The lowest BCUT2D eigenvalue weighted by Crippen LogP contribution is -2.29. The summed E-state index contributed by atoms with van der Waals surface area (Å²) in [6.45, 7) is 3.00. The predicted octanol–water partition coefficient (Wildman–Crippen LogP) is 4.26. The number of azo groups is 1. The monoisotopic (exact) mass is 376 g/mol. The van der Waals surface area contributed by atoms with E-state index < -0.39 is 0 Å². The van der Waals surface area contributed by atoms with Crippen LogP contribution in [0.1, 0.15) is 5.56 Å². The summed E-state index contributed by atoms with van der Waals surface area (Å²) >= 11 is 0. The van der Waals surface area contributed by atoms with Gasteiger partial charge in [-0.25, -0.2) is 0 Å². The van der Waals surface area contributed by atoms with Crippen molar-refractivity contribution in [3.8, 4) is 11.3 Å². The fraction of sp³-hybridized carbons (Fsp3) is 0.227. The summed E-state index contributed by atoms with van der Waals surface area (Å²) in [5, 5.41) is 27.1. The van der Waals surface area contributed by atoms with Gasteiger partial charge in [-0.15, -0.1) is 0 Å². The van der Waals surface area contributed by atoms with Gasteiger partial charge in [0.25, 0.3) is 0 Å². The van der Waals surface area contributed by atoms with E-state index in [2.05, 4.69) is 15.2 Å². The molecular weight excluding hydrogens is 352 g/mol. The van der Waals surface area contributed by atoms with Gasteiger partial charge in [-0.1, -0.05) is 18.2 Å². The largest absolute Gasteiger partial charge is 0.395 e. The molecule has 0 saturated carbocycles. The molecule has 0 aliphatic carbocycles. The molecule has 1 heterocycles. The molecule has 0 aliphatic heterocycles. The van der Waals surface area contributed by atoms with Gasteiger partial charge in [0.15, 0.2) is 0 Å². The number of aromatic nitrogens is 1. The molecule has 3 aromatic rings. The minimum atomic E-state index is 0.0367. The van der Waals surface area contributed by atoms with Crippen LogP contribution in [0.5, 0.6) is 0 Å². The fourth-order valence-corrected chi connectivity index (χ4v) is 2.90. The third-order valence-electron chi connectivity index (χ3n) is 4.39. The van der Waals surface area contributed by atoms with Crippen LogP contribution in [-0.4, -0.2) is 41.5 Å². The highest BCUT2D eigenvalue weighted by Crippen LogP contribution is 2.27. The number of nitrogens with zero attached hydrogens (tertiary/aromatic N) is 4. The lowest BCUT2D eigenvalue weighted by molar-refractivity contribution is 0.281. The molecule has 2 N–H and O–H groups in total. The van der Waals surface area contributed by atoms with E-state index in [4.69, 9.17) is 0 Å². The Morgan fingerprint density at radius 2 is 1.64 bits per heavy atom. The minimum Gasteiger partial charge on any atom is -0.395 e. The molecule has 3 rings (SSSR count). The second-order valence-corrected chi connectivity index (χ2v) is 6.37. The van der Waals surface area contributed by atoms with Crippen molar-refractivity contribution in [1.82, 2.24) is 4.98 Å². The standard InChI is InChI=1S/C22H24N4O2/c1-17-16-20(26(12-14-27)13-15-28)9-10-21(17)25-24-19-7-5-18(6-8-19)22-4-2-3-11-23-22/h2-11,16,27-28H,12-15H2,1H3. The third-order valence-corrected chi connectivity index (χ3v) is 4.39. The van der Waals surface area contributed by atoms with Crippen LogP contribution in [0.25, 0.3) is 11.3 Å². The van der Waals surface area contributed by atoms with E-state index in [-0.39, 0.29) is 13.2 Å². The smallest absolute Gasteiger partial charge is 0.0887 e. The van der Waals surface area contributed by atoms with Gasteiger partial charge < -0.3 is 15.1 Å². The summed E-state index contributed by atoms with van der Waals surface area (Å²) in [5.41, 5.74) is 5.43. The highest BCUT2D eigenvalue weighted by Gasteiger charge is 2.07. The van der Waals surface area contributed by atoms with Gasteiger partial charge in [-0.05, 0) is 55.0 Å². The molecule has 0 spiro atoms. The van der Waals surface area contributed by atoms with Crippen molar-refractivity contribution in [2.45, 2.75) is 6.92 Å². The molecule has 144 valence electrons. The molecule has 6 heteroatoms. The van der Waals surface area contributed by atoms with Gasteiger partial charge >= 0.3 is 0 Å². The number of anilines is 1. The van der Waals surface area contributed by atoms with Gasteiger partial charge in [0, 0.05) is 30.5 Å². The summed E-state index contributed by atoms with van der Waals surface area (Å²) < 4.78 is 0. The number of pyridine rings is 1. The molecule has 0 aliphatic rings. The normalized spacial score (nSPS) is 11.1. The Labute approximate surface area is 164 Å². The summed E-state index contributed by atoms with van der Waals surface area (Å²) in [6, 6.07) is 19.4. The molecule has 1 aromatic heterocycles. The molecule has 0 atom stereocenters. The summed E-state index contributed by atoms with van der Waals surface area (Å²) in [6.07, 6.45) is 1.78. The first-order chi connectivity index (χ1) is 13.7. The van der Waals surface area contributed by atoms with Gasteiger partial charge in [-0.2, -0.15) is 10.2 Å². The molecular formula is C22H24N4O2. The van der Waals surface area contributed by atoms with E-state index in [1.165, 1.54) is 0 Å². The lowest BCUT2D eigenvalue weighted by Gasteiger charge is -2.23. The fourth-order valence-electron chi connectivity index (χ4n) is 2.90. The van der Waals surface area contributed by atoms with Crippen LogP contribution in [0.4, 0.5) is 17.1 Å². The van der Waals surface area contributed by atoms with Crippen LogP contribution in [0.15, 0.2) is 77.1 Å². The molecule has 6 nitrogen and oxygen atoms in total. The minimum absolute atomic E-state index is 0.0367. The van der Waals surface area contributed by atoms with Crippen molar-refractivity contribution in [2.24, 2.45) is 10.2 Å². The molecule has 0 saturated heterocycles. The SMILES string of the molecule is Cc1cc(N(CCO)CCO)ccc1N=Nc1ccc(-c2ccccn2)cc1. The first kappa shape index (κ1) is 19.7. The second-order valence-electron chi connectivity index (χ2n) is 6.37. The molecule has 0 radical (unpaired) electrons. The van der Waals surface area contributed by atoms with E-state index >= 15 is 0 Å². The van der Waals surface area contributed by atoms with Crippen LogP contribution in [0.3, 0.4) is 0 Å². The predicted molar refractivity (Wildman–Crippen MR) is 111 cm³/mol. The van der Waals surface area contributed by atoms with E-state index in [0.29, 0.717) is 13.1 Å². The molecule has 2 aromatic carbocycles. The Bertz CT molecular complexity index is 906. The average Bonchev–Trinajstić information content (AvgIpc) is 2.74. The van der Waals surface area contributed by atoms with Crippen molar-refractivity contribution >= 4 is 17.1 Å². The van der Waals surface area contributed by atoms with Crippen molar-refractivity contribution < 1.29 is 10.2 Å². The summed E-state index contributed by atoms with van der Waals surface area (Å²) in [5.74, 6) is 0. The molecule has 0 fully saturated rings. The zero-order valence-electron chi connectivity index (χ0n) is 15.9. The van der Waals surface area contributed by atoms with Gasteiger partial charge in [0.2, 0.25) is 0 Å². The lowest BCUT2D eigenvalue weighted by atomic mass is 10.1. The Kier molecular flexibility index (Phi) is 6.84. The van der Waals surface area contributed by atoms with Crippen molar-refractivity contribution in [1.29, 1.82) is 0 Å². The van der Waals surface area contributed by atoms with E-state index in [1.807, 2.05) is 72.5 Å². The number of aliphatic hydroxyl groups is 2. The average molecular weight is 376 g/mol. The van der Waals surface area contributed by atoms with Crippen molar-refractivity contribution in [3.05, 3.63) is 72.4 Å². The van der Waals surface area contributed by atoms with Crippen LogP contribution in [0, 0.1) is 6.92 Å². The zero-order valence-corrected chi connectivity index (χ0v) is 15.9. The molecule has 0 unspecified atom stereocenters. The topological polar surface area (TPSA) is 81.3 Å². The highest BCUT2D eigenvalue weighted by molar-refractivity contribution is 5.62. The Hall–Kier alpha value is -3.09. The quantitative estimate of drug-likeness (QED) is 0.576. The maximum Gasteiger partial charge on any atom is 0.0887 e. The first-order valence-electron chi connectivity index (χ1n) is 9.22. The van der Waals surface area contributed by atoms with Crippen LogP contribution < -0.4 is 4.90 Å². The second kappa shape index (κ2) is 9.73. The Morgan fingerprint density at radius 1 is 0.893 bits per heavy atom. The maximum absolute atomic E-state index is 9.19. The third kappa shape index (κ3) is 5.00. The number of aliphatic hydroxyl groups excluding tert-OH is 2. The van der Waals surface area contributed by atoms with Crippen LogP contribution in [0.2, 0.25) is 0 Å². The molecule has 0 bridgehead atoms. The van der Waals surface area contributed by atoms with Gasteiger partial charge in [-0.3, -0.25) is 4.98 Å². The van der Waals surface area contributed by atoms with Crippen LogP contribution >= 0.6 is 0 Å². The van der Waals surface area contributed by atoms with Crippen molar-refractivity contribution in [2.75, 3.05) is 31.2 Å². The number of hydrogen-bond acceptors (Lipinski definition) is 6. The number of hydrogen-bond donors (Lipinski definition) is 2. The number of aryl methyl sites for hydroxylation is 1. The van der Waals surface area contributed by atoms with E-state index in [0.717, 1.165) is 33.9 Å². The van der Waals surface area contributed by atoms with Crippen molar-refractivity contribution in [3.63, 3.8) is 0 Å². The summed E-state index contributed by atoms with van der Waals surface area (Å²) in [7, 11) is 0. The first-order valence-corrected chi connectivity index (χ1v) is 9.22. The molecule has 28 heavy (non-hydrogen) atoms. The van der Waals surface area contributed by atoms with E-state index in [9.17, 15) is 10.2 Å². The Morgan fingerprint density at radius 3 is 2.25 bits per heavy atom. The van der Waals surface area contributed by atoms with Gasteiger partial charge in [0.05, 0.1) is 30.3 Å². The zero-order chi connectivity index (χ0) is 19.8. The number of benzene rings is 2. The maximum atomic E-state index is 9.19.